The van der Waals surface area contributed by atoms with E-state index < -0.39 is 17.4 Å². The van der Waals surface area contributed by atoms with Crippen LogP contribution in [-0.2, 0) is 9.59 Å². The largest absolute Gasteiger partial charge is 0.480 e. The van der Waals surface area contributed by atoms with E-state index in [1.54, 1.807) is 0 Å². The minimum atomic E-state index is -1.82. The predicted molar refractivity (Wildman–Crippen MR) is 38.2 cm³/mol. The Morgan fingerprint density at radius 3 is 1.82 bits per heavy atom. The van der Waals surface area contributed by atoms with E-state index in [1.807, 2.05) is 0 Å². The molecule has 4 heteroatoms. The topological polar surface area (TPSA) is 74.6 Å². The lowest BCUT2D eigenvalue weighted by Gasteiger charge is -2.17. The highest BCUT2D eigenvalue weighted by Gasteiger charge is 2.41. The zero-order valence-corrected chi connectivity index (χ0v) is 6.20. The Morgan fingerprint density at radius 2 is 1.82 bits per heavy atom. The summed E-state index contributed by atoms with van der Waals surface area (Å²) in [6.45, 7) is 4.67. The minimum Gasteiger partial charge on any atom is -0.480 e. The molecule has 0 aliphatic rings. The molecule has 62 valence electrons. The first kappa shape index (κ1) is 9.68. The quantitative estimate of drug-likeness (QED) is 0.467. The van der Waals surface area contributed by atoms with Gasteiger partial charge in [-0.3, -0.25) is 9.59 Å². The zero-order valence-electron chi connectivity index (χ0n) is 6.20. The summed E-state index contributed by atoms with van der Waals surface area (Å²) in [4.78, 5) is 20.9. The van der Waals surface area contributed by atoms with Gasteiger partial charge in [0, 0.05) is 0 Å². The van der Waals surface area contributed by atoms with Crippen LogP contribution >= 0.6 is 0 Å². The van der Waals surface area contributed by atoms with Crippen molar-refractivity contribution in [1.82, 2.24) is 0 Å². The summed E-state index contributed by atoms with van der Waals surface area (Å²) >= 11 is 0. The van der Waals surface area contributed by atoms with Gasteiger partial charge in [-0.2, -0.15) is 0 Å². The lowest BCUT2D eigenvalue weighted by Crippen LogP contribution is -2.36. The third-order valence-corrected chi connectivity index (χ3v) is 1.67. The Labute approximate surface area is 64.2 Å². The molecule has 0 unspecified atom stereocenters. The Morgan fingerprint density at radius 1 is 1.45 bits per heavy atom. The van der Waals surface area contributed by atoms with Crippen molar-refractivity contribution in [3.8, 4) is 0 Å². The Kier molecular flexibility index (Phi) is 2.80. The number of rotatable bonds is 4. The second-order valence-corrected chi connectivity index (χ2v) is 2.14. The van der Waals surface area contributed by atoms with Gasteiger partial charge in [0.05, 0.1) is 0 Å². The average molecular weight is 158 g/mol. The molecule has 0 bridgehead atoms. The normalized spacial score (nSPS) is 10.6. The lowest BCUT2D eigenvalue weighted by molar-refractivity contribution is -0.160. The highest BCUT2D eigenvalue weighted by Crippen LogP contribution is 2.23. The summed E-state index contributed by atoms with van der Waals surface area (Å²) in [6.07, 6.45) is 0.943. The molecule has 0 spiro atoms. The van der Waals surface area contributed by atoms with E-state index in [0.29, 0.717) is 0 Å². The van der Waals surface area contributed by atoms with E-state index in [-0.39, 0.29) is 6.42 Å². The molecule has 0 heterocycles. The van der Waals surface area contributed by atoms with Gasteiger partial charge in [-0.25, -0.2) is 0 Å². The number of carboxylic acid groups (broad SMARTS) is 2. The van der Waals surface area contributed by atoms with E-state index in [4.69, 9.17) is 10.2 Å². The maximum Gasteiger partial charge on any atom is 0.324 e. The van der Waals surface area contributed by atoms with Crippen molar-refractivity contribution in [3.05, 3.63) is 12.7 Å². The van der Waals surface area contributed by atoms with Gasteiger partial charge in [-0.1, -0.05) is 13.0 Å². The fraction of sp³-hybridized carbons (Fsp3) is 0.429. The molecule has 0 atom stereocenters. The molecule has 0 radical (unpaired) electrons. The van der Waals surface area contributed by atoms with Gasteiger partial charge in [0.15, 0.2) is 5.41 Å². The van der Waals surface area contributed by atoms with E-state index >= 15 is 0 Å². The summed E-state index contributed by atoms with van der Waals surface area (Å²) in [5.41, 5.74) is -1.82. The summed E-state index contributed by atoms with van der Waals surface area (Å²) in [7, 11) is 0. The van der Waals surface area contributed by atoms with E-state index in [0.717, 1.165) is 6.08 Å². The van der Waals surface area contributed by atoms with Crippen LogP contribution in [0.1, 0.15) is 13.3 Å². The highest BCUT2D eigenvalue weighted by molar-refractivity contribution is 6.00. The van der Waals surface area contributed by atoms with E-state index in [9.17, 15) is 9.59 Å². The van der Waals surface area contributed by atoms with Crippen molar-refractivity contribution in [3.63, 3.8) is 0 Å². The summed E-state index contributed by atoms with van der Waals surface area (Å²) in [6, 6.07) is 0. The third kappa shape index (κ3) is 1.39. The van der Waals surface area contributed by atoms with Crippen LogP contribution in [0.2, 0.25) is 0 Å². The van der Waals surface area contributed by atoms with Crippen molar-refractivity contribution < 1.29 is 19.8 Å². The zero-order chi connectivity index (χ0) is 9.07. The molecule has 11 heavy (non-hydrogen) atoms. The molecule has 0 aromatic carbocycles. The second kappa shape index (κ2) is 3.18. The molecule has 4 nitrogen and oxygen atoms in total. The maximum atomic E-state index is 10.5. The minimum absolute atomic E-state index is 0.00116. The monoisotopic (exact) mass is 158 g/mol. The van der Waals surface area contributed by atoms with Crippen molar-refractivity contribution in [2.45, 2.75) is 13.3 Å². The van der Waals surface area contributed by atoms with Gasteiger partial charge in [0.25, 0.3) is 0 Å². The number of carbonyl (C=O) groups is 2. The van der Waals surface area contributed by atoms with Crippen LogP contribution in [0.25, 0.3) is 0 Å². The maximum absolute atomic E-state index is 10.5. The molecular formula is C7H10O4. The van der Waals surface area contributed by atoms with Crippen LogP contribution < -0.4 is 0 Å². The Bertz CT molecular complexity index is 181. The summed E-state index contributed by atoms with van der Waals surface area (Å²) in [5, 5.41) is 17.1. The lowest BCUT2D eigenvalue weighted by atomic mass is 9.86. The van der Waals surface area contributed by atoms with Crippen LogP contribution in [0, 0.1) is 5.41 Å². The second-order valence-electron chi connectivity index (χ2n) is 2.14. The predicted octanol–water partition coefficient (Wildman–Crippen LogP) is 0.738. The Hall–Kier alpha value is -1.32. The van der Waals surface area contributed by atoms with Crippen molar-refractivity contribution in [1.29, 1.82) is 0 Å². The molecular weight excluding hydrogens is 148 g/mol. The standard InChI is InChI=1S/C7H10O4/c1-3-7(4-2,5(8)9)6(10)11/h3H,1,4H2,2H3,(H,8,9)(H,10,11). The van der Waals surface area contributed by atoms with Crippen molar-refractivity contribution >= 4 is 11.9 Å². The van der Waals surface area contributed by atoms with Crippen LogP contribution in [0.5, 0.6) is 0 Å². The SMILES string of the molecule is C=CC(CC)(C(=O)O)C(=O)O. The molecule has 2 N–H and O–H groups in total. The molecule has 0 rings (SSSR count). The van der Waals surface area contributed by atoms with Crippen molar-refractivity contribution in [2.24, 2.45) is 5.41 Å². The van der Waals surface area contributed by atoms with Gasteiger partial charge in [-0.15, -0.1) is 6.58 Å². The van der Waals surface area contributed by atoms with Gasteiger partial charge < -0.3 is 10.2 Å². The van der Waals surface area contributed by atoms with Crippen LogP contribution in [0.15, 0.2) is 12.7 Å². The van der Waals surface area contributed by atoms with Gasteiger partial charge in [0.2, 0.25) is 0 Å². The Balaban J connectivity index is 4.91. The number of aliphatic carboxylic acids is 2. The number of hydrogen-bond donors (Lipinski definition) is 2. The third-order valence-electron chi connectivity index (χ3n) is 1.67. The first-order chi connectivity index (χ1) is 5.01. The van der Waals surface area contributed by atoms with E-state index in [1.165, 1.54) is 6.92 Å². The average Bonchev–Trinajstić information content (AvgIpc) is 1.90. The molecule has 0 fully saturated rings. The summed E-state index contributed by atoms with van der Waals surface area (Å²) < 4.78 is 0. The van der Waals surface area contributed by atoms with Gasteiger partial charge in [0.1, 0.15) is 0 Å². The summed E-state index contributed by atoms with van der Waals surface area (Å²) in [5.74, 6) is -2.75. The molecule has 0 aromatic rings. The molecule has 0 amide bonds. The molecule has 0 aliphatic heterocycles. The number of hydrogen-bond acceptors (Lipinski definition) is 2. The van der Waals surface area contributed by atoms with Gasteiger partial charge >= 0.3 is 11.9 Å². The van der Waals surface area contributed by atoms with E-state index in [2.05, 4.69) is 6.58 Å². The smallest absolute Gasteiger partial charge is 0.324 e. The van der Waals surface area contributed by atoms with Gasteiger partial charge in [-0.05, 0) is 6.42 Å². The van der Waals surface area contributed by atoms with Crippen LogP contribution in [0.4, 0.5) is 0 Å². The fourth-order valence-electron chi connectivity index (χ4n) is 0.713. The molecule has 0 saturated carbocycles. The first-order valence-electron chi connectivity index (χ1n) is 3.11. The molecule has 0 aromatic heterocycles. The molecule has 0 aliphatic carbocycles. The molecule has 0 saturated heterocycles. The van der Waals surface area contributed by atoms with Crippen molar-refractivity contribution in [2.75, 3.05) is 0 Å². The fourth-order valence-corrected chi connectivity index (χ4v) is 0.713. The first-order valence-corrected chi connectivity index (χ1v) is 3.11. The highest BCUT2D eigenvalue weighted by atomic mass is 16.4. The van der Waals surface area contributed by atoms with Crippen LogP contribution in [0.3, 0.4) is 0 Å². The van der Waals surface area contributed by atoms with Crippen LogP contribution in [-0.4, -0.2) is 22.2 Å². The number of carboxylic acids is 2.